The van der Waals surface area contributed by atoms with Gasteiger partial charge in [0.2, 0.25) is 0 Å². The predicted octanol–water partition coefficient (Wildman–Crippen LogP) is 2.09. The predicted molar refractivity (Wildman–Crippen MR) is 102 cm³/mol. The van der Waals surface area contributed by atoms with Crippen LogP contribution in [0.1, 0.15) is 15.9 Å². The van der Waals surface area contributed by atoms with E-state index in [0.29, 0.717) is 24.5 Å². The largest absolute Gasteiger partial charge is 0.495 e. The molecule has 0 aliphatic carbocycles. The van der Waals surface area contributed by atoms with Crippen LogP contribution in [-0.2, 0) is 16.3 Å². The fourth-order valence-corrected chi connectivity index (χ4v) is 3.42. The Balaban J connectivity index is 2.06. The van der Waals surface area contributed by atoms with Gasteiger partial charge in [-0.3, -0.25) is 4.79 Å². The summed E-state index contributed by atoms with van der Waals surface area (Å²) in [5.41, 5.74) is 1.23. The summed E-state index contributed by atoms with van der Waals surface area (Å²) in [7, 11) is 1.00. The van der Waals surface area contributed by atoms with Crippen molar-refractivity contribution in [3.05, 3.63) is 47.5 Å². The van der Waals surface area contributed by atoms with Gasteiger partial charge < -0.3 is 19.5 Å². The SMILES string of the molecule is COc1ccc(CCNC(=O)c2ccc(OC)c(S(C)(=O)=O)c2)cc1OC. The Morgan fingerprint density at radius 2 is 1.56 bits per heavy atom. The molecular formula is C19H23NO6S. The van der Waals surface area contributed by atoms with Gasteiger partial charge in [0, 0.05) is 18.4 Å². The van der Waals surface area contributed by atoms with Crippen molar-refractivity contribution < 1.29 is 27.4 Å². The molecule has 1 N–H and O–H groups in total. The average molecular weight is 393 g/mol. The quantitative estimate of drug-likeness (QED) is 0.739. The third-order valence-corrected chi connectivity index (χ3v) is 5.09. The highest BCUT2D eigenvalue weighted by Crippen LogP contribution is 2.27. The molecule has 0 spiro atoms. The van der Waals surface area contributed by atoms with Crippen LogP contribution in [0.15, 0.2) is 41.3 Å². The highest BCUT2D eigenvalue weighted by molar-refractivity contribution is 7.90. The molecule has 2 aromatic rings. The number of carbonyl (C=O) groups is 1. The van der Waals surface area contributed by atoms with Crippen LogP contribution in [0.5, 0.6) is 17.2 Å². The van der Waals surface area contributed by atoms with Crippen molar-refractivity contribution in [2.75, 3.05) is 34.1 Å². The van der Waals surface area contributed by atoms with Gasteiger partial charge in [0.05, 0.1) is 21.3 Å². The van der Waals surface area contributed by atoms with E-state index in [1.165, 1.54) is 25.3 Å². The number of hydrogen-bond acceptors (Lipinski definition) is 6. The molecule has 0 heterocycles. The summed E-state index contributed by atoms with van der Waals surface area (Å²) in [6, 6.07) is 9.86. The van der Waals surface area contributed by atoms with E-state index in [-0.39, 0.29) is 22.1 Å². The summed E-state index contributed by atoms with van der Waals surface area (Å²) < 4.78 is 39.2. The first kappa shape index (κ1) is 20.6. The molecule has 2 rings (SSSR count). The molecule has 0 aliphatic rings. The zero-order chi connectivity index (χ0) is 20.0. The van der Waals surface area contributed by atoms with Crippen LogP contribution in [0.2, 0.25) is 0 Å². The molecular weight excluding hydrogens is 370 g/mol. The third kappa shape index (κ3) is 5.13. The summed E-state index contributed by atoms with van der Waals surface area (Å²) in [4.78, 5) is 12.3. The lowest BCUT2D eigenvalue weighted by molar-refractivity contribution is 0.0954. The Hall–Kier alpha value is -2.74. The molecule has 0 fully saturated rings. The standard InChI is InChI=1S/C19H23NO6S/c1-24-15-7-5-13(11-17(15)26-3)9-10-20-19(21)14-6-8-16(25-2)18(12-14)27(4,22)23/h5-8,11-12H,9-10H2,1-4H3,(H,20,21). The van der Waals surface area contributed by atoms with E-state index < -0.39 is 9.84 Å². The van der Waals surface area contributed by atoms with Crippen molar-refractivity contribution in [3.63, 3.8) is 0 Å². The second-order valence-electron chi connectivity index (χ2n) is 5.83. The molecule has 27 heavy (non-hydrogen) atoms. The van der Waals surface area contributed by atoms with Crippen LogP contribution >= 0.6 is 0 Å². The average Bonchev–Trinajstić information content (AvgIpc) is 2.66. The highest BCUT2D eigenvalue weighted by atomic mass is 32.2. The summed E-state index contributed by atoms with van der Waals surface area (Å²) in [6.07, 6.45) is 1.66. The van der Waals surface area contributed by atoms with Crippen molar-refractivity contribution >= 4 is 15.7 Å². The molecule has 7 nitrogen and oxygen atoms in total. The topological polar surface area (TPSA) is 90.9 Å². The molecule has 0 saturated carbocycles. The number of rotatable bonds is 8. The van der Waals surface area contributed by atoms with E-state index in [0.717, 1.165) is 11.8 Å². The van der Waals surface area contributed by atoms with E-state index in [1.54, 1.807) is 20.3 Å². The maximum Gasteiger partial charge on any atom is 0.251 e. The number of sulfone groups is 1. The summed E-state index contributed by atoms with van der Waals surface area (Å²) >= 11 is 0. The van der Waals surface area contributed by atoms with Crippen LogP contribution in [0, 0.1) is 0 Å². The van der Waals surface area contributed by atoms with E-state index >= 15 is 0 Å². The third-order valence-electron chi connectivity index (χ3n) is 3.97. The van der Waals surface area contributed by atoms with Crippen molar-refractivity contribution in [2.45, 2.75) is 11.3 Å². The molecule has 0 radical (unpaired) electrons. The lowest BCUT2D eigenvalue weighted by Gasteiger charge is -2.11. The number of methoxy groups -OCH3 is 3. The summed E-state index contributed by atoms with van der Waals surface area (Å²) in [5, 5.41) is 2.78. The van der Waals surface area contributed by atoms with Gasteiger partial charge in [-0.1, -0.05) is 6.07 Å². The zero-order valence-corrected chi connectivity index (χ0v) is 16.6. The molecule has 0 aromatic heterocycles. The fraction of sp³-hybridized carbons (Fsp3) is 0.316. The minimum Gasteiger partial charge on any atom is -0.495 e. The Morgan fingerprint density at radius 3 is 2.15 bits per heavy atom. The molecule has 0 aliphatic heterocycles. The van der Waals surface area contributed by atoms with Crippen molar-refractivity contribution in [2.24, 2.45) is 0 Å². The second kappa shape index (κ2) is 8.77. The van der Waals surface area contributed by atoms with Crippen LogP contribution in [0.25, 0.3) is 0 Å². The Labute approximate surface area is 159 Å². The highest BCUT2D eigenvalue weighted by Gasteiger charge is 2.17. The van der Waals surface area contributed by atoms with Crippen LogP contribution in [-0.4, -0.2) is 48.5 Å². The van der Waals surface area contributed by atoms with Crippen LogP contribution in [0.3, 0.4) is 0 Å². The normalized spacial score (nSPS) is 11.0. The Bertz CT molecular complexity index is 924. The molecule has 8 heteroatoms. The zero-order valence-electron chi connectivity index (χ0n) is 15.7. The lowest BCUT2D eigenvalue weighted by Crippen LogP contribution is -2.26. The van der Waals surface area contributed by atoms with Crippen LogP contribution < -0.4 is 19.5 Å². The van der Waals surface area contributed by atoms with Gasteiger partial charge in [0.25, 0.3) is 5.91 Å². The number of ether oxygens (including phenoxy) is 3. The molecule has 146 valence electrons. The van der Waals surface area contributed by atoms with Gasteiger partial charge >= 0.3 is 0 Å². The van der Waals surface area contributed by atoms with E-state index in [4.69, 9.17) is 14.2 Å². The number of carbonyl (C=O) groups excluding carboxylic acids is 1. The molecule has 1 amide bonds. The number of amides is 1. The first-order valence-corrected chi connectivity index (χ1v) is 10.1. The number of benzene rings is 2. The summed E-state index contributed by atoms with van der Waals surface area (Å²) in [6.45, 7) is 0.383. The van der Waals surface area contributed by atoms with Gasteiger partial charge in [-0.25, -0.2) is 8.42 Å². The molecule has 0 unspecified atom stereocenters. The van der Waals surface area contributed by atoms with Gasteiger partial charge in [-0.15, -0.1) is 0 Å². The van der Waals surface area contributed by atoms with E-state index in [2.05, 4.69) is 5.32 Å². The first-order valence-electron chi connectivity index (χ1n) is 8.17. The molecule has 2 aromatic carbocycles. The fourth-order valence-electron chi connectivity index (χ4n) is 2.57. The maximum absolute atomic E-state index is 12.3. The maximum atomic E-state index is 12.3. The minimum absolute atomic E-state index is 0.0162. The van der Waals surface area contributed by atoms with Gasteiger partial charge in [0.15, 0.2) is 21.3 Å². The first-order chi connectivity index (χ1) is 12.8. The Morgan fingerprint density at radius 1 is 0.926 bits per heavy atom. The van der Waals surface area contributed by atoms with E-state index in [9.17, 15) is 13.2 Å². The van der Waals surface area contributed by atoms with Crippen LogP contribution in [0.4, 0.5) is 0 Å². The van der Waals surface area contributed by atoms with Gasteiger partial charge in [-0.2, -0.15) is 0 Å². The smallest absolute Gasteiger partial charge is 0.251 e. The molecule has 0 atom stereocenters. The lowest BCUT2D eigenvalue weighted by atomic mass is 10.1. The van der Waals surface area contributed by atoms with Gasteiger partial charge in [0.1, 0.15) is 10.6 Å². The molecule has 0 saturated heterocycles. The van der Waals surface area contributed by atoms with Crippen molar-refractivity contribution in [1.82, 2.24) is 5.32 Å². The Kier molecular flexibility index (Phi) is 6.68. The second-order valence-corrected chi connectivity index (χ2v) is 7.82. The van der Waals surface area contributed by atoms with Gasteiger partial charge in [-0.05, 0) is 42.3 Å². The van der Waals surface area contributed by atoms with Crippen molar-refractivity contribution in [3.8, 4) is 17.2 Å². The monoisotopic (exact) mass is 393 g/mol. The minimum atomic E-state index is -3.51. The summed E-state index contributed by atoms with van der Waals surface area (Å²) in [5.74, 6) is 1.11. The molecule has 0 bridgehead atoms. The van der Waals surface area contributed by atoms with Crippen molar-refractivity contribution in [1.29, 1.82) is 0 Å². The number of nitrogens with one attached hydrogen (secondary N) is 1. The number of hydrogen-bond donors (Lipinski definition) is 1. The van der Waals surface area contributed by atoms with E-state index in [1.807, 2.05) is 12.1 Å².